The summed E-state index contributed by atoms with van der Waals surface area (Å²) < 4.78 is 0. The summed E-state index contributed by atoms with van der Waals surface area (Å²) in [6, 6.07) is 7.58. The van der Waals surface area contributed by atoms with Crippen molar-refractivity contribution in [1.29, 1.82) is 0 Å². The van der Waals surface area contributed by atoms with Gasteiger partial charge in [-0.1, -0.05) is 19.1 Å². The van der Waals surface area contributed by atoms with Crippen LogP contribution in [0.3, 0.4) is 0 Å². The van der Waals surface area contributed by atoms with Crippen molar-refractivity contribution in [2.45, 2.75) is 32.7 Å². The Kier molecular flexibility index (Phi) is 7.03. The van der Waals surface area contributed by atoms with Gasteiger partial charge in [-0.2, -0.15) is 0 Å². The molecule has 2 aliphatic heterocycles. The lowest BCUT2D eigenvalue weighted by molar-refractivity contribution is -0.128. The second-order valence-electron chi connectivity index (χ2n) is 7.53. The average molecular weight is 386 g/mol. The smallest absolute Gasteiger partial charge is 0.253 e. The van der Waals surface area contributed by atoms with Crippen LogP contribution in [0.5, 0.6) is 0 Å². The molecule has 28 heavy (non-hydrogen) atoms. The maximum atomic E-state index is 12.7. The summed E-state index contributed by atoms with van der Waals surface area (Å²) in [4.78, 5) is 42.1. The van der Waals surface area contributed by atoms with Gasteiger partial charge in [0.2, 0.25) is 11.8 Å². The summed E-state index contributed by atoms with van der Waals surface area (Å²) >= 11 is 0. The third-order valence-corrected chi connectivity index (χ3v) is 5.34. The van der Waals surface area contributed by atoms with E-state index in [1.165, 1.54) is 0 Å². The van der Waals surface area contributed by atoms with Crippen molar-refractivity contribution in [3.8, 4) is 0 Å². The van der Waals surface area contributed by atoms with Gasteiger partial charge < -0.3 is 15.1 Å². The molecule has 152 valence electrons. The molecule has 1 aromatic rings. The van der Waals surface area contributed by atoms with Crippen molar-refractivity contribution >= 4 is 17.7 Å². The number of carbonyl (C=O) groups excluding carboxylic acids is 3. The molecule has 3 amide bonds. The monoisotopic (exact) mass is 386 g/mol. The molecular weight excluding hydrogens is 356 g/mol. The molecule has 0 aromatic heterocycles. The second-order valence-corrected chi connectivity index (χ2v) is 7.53. The second kappa shape index (κ2) is 9.68. The number of hydrogen-bond donors (Lipinski definition) is 1. The number of nitrogens with zero attached hydrogens (tertiary/aromatic N) is 3. The molecule has 1 N–H and O–H groups in total. The van der Waals surface area contributed by atoms with Crippen LogP contribution in [0, 0.1) is 0 Å². The minimum Gasteiger partial charge on any atom is -0.355 e. The number of nitrogens with one attached hydrogen (secondary N) is 1. The van der Waals surface area contributed by atoms with Gasteiger partial charge in [0.25, 0.3) is 5.91 Å². The predicted octanol–water partition coefficient (Wildman–Crippen LogP) is 1.09. The Bertz CT molecular complexity index is 696. The van der Waals surface area contributed by atoms with E-state index in [-0.39, 0.29) is 17.7 Å². The van der Waals surface area contributed by atoms with Gasteiger partial charge in [-0.25, -0.2) is 0 Å². The molecule has 7 heteroatoms. The number of amides is 3. The minimum atomic E-state index is 0.0267. The maximum Gasteiger partial charge on any atom is 0.253 e. The zero-order valence-electron chi connectivity index (χ0n) is 16.7. The molecule has 3 rings (SSSR count). The molecule has 0 saturated carbocycles. The van der Waals surface area contributed by atoms with Gasteiger partial charge in [-0.3, -0.25) is 19.3 Å². The molecule has 2 fully saturated rings. The minimum absolute atomic E-state index is 0.0267. The molecule has 2 aliphatic rings. The highest BCUT2D eigenvalue weighted by molar-refractivity contribution is 5.94. The maximum absolute atomic E-state index is 12.7. The topological polar surface area (TPSA) is 73.0 Å². The van der Waals surface area contributed by atoms with Crippen LogP contribution in [0.2, 0.25) is 0 Å². The standard InChI is InChI=1S/C21H30N4O3/c1-2-9-22-19(26)16-23-11-13-24(14-12-23)21(28)18-7-5-17(6-8-18)15-25-10-3-4-20(25)27/h5-8H,2-4,9-16H2,1H3,(H,22,26). The summed E-state index contributed by atoms with van der Waals surface area (Å²) in [6.45, 7) is 7.25. The van der Waals surface area contributed by atoms with Crippen LogP contribution >= 0.6 is 0 Å². The SMILES string of the molecule is CCCNC(=O)CN1CCN(C(=O)c2ccc(CN3CCCC3=O)cc2)CC1. The third-order valence-electron chi connectivity index (χ3n) is 5.34. The van der Waals surface area contributed by atoms with Gasteiger partial charge >= 0.3 is 0 Å². The summed E-state index contributed by atoms with van der Waals surface area (Å²) in [6.07, 6.45) is 2.51. The Labute approximate surface area is 166 Å². The molecule has 1 aromatic carbocycles. The first-order valence-corrected chi connectivity index (χ1v) is 10.2. The van der Waals surface area contributed by atoms with Crippen LogP contribution in [-0.2, 0) is 16.1 Å². The zero-order valence-corrected chi connectivity index (χ0v) is 16.7. The van der Waals surface area contributed by atoms with Crippen LogP contribution in [0.1, 0.15) is 42.1 Å². The predicted molar refractivity (Wildman–Crippen MR) is 107 cm³/mol. The molecule has 0 atom stereocenters. The van der Waals surface area contributed by atoms with Gasteiger partial charge in [0.15, 0.2) is 0 Å². The van der Waals surface area contributed by atoms with Gasteiger partial charge in [-0.05, 0) is 30.5 Å². The van der Waals surface area contributed by atoms with E-state index in [0.29, 0.717) is 57.8 Å². The highest BCUT2D eigenvalue weighted by atomic mass is 16.2. The summed E-state index contributed by atoms with van der Waals surface area (Å²) in [5, 5.41) is 2.89. The fourth-order valence-corrected chi connectivity index (χ4v) is 3.66. The van der Waals surface area contributed by atoms with E-state index in [4.69, 9.17) is 0 Å². The first-order valence-electron chi connectivity index (χ1n) is 10.2. The quantitative estimate of drug-likeness (QED) is 0.762. The van der Waals surface area contributed by atoms with Crippen molar-refractivity contribution in [1.82, 2.24) is 20.0 Å². The number of benzene rings is 1. The lowest BCUT2D eigenvalue weighted by Crippen LogP contribution is -2.51. The van der Waals surface area contributed by atoms with E-state index in [1.807, 2.05) is 41.0 Å². The number of hydrogen-bond acceptors (Lipinski definition) is 4. The highest BCUT2D eigenvalue weighted by Gasteiger charge is 2.24. The molecular formula is C21H30N4O3. The zero-order chi connectivity index (χ0) is 19.9. The molecule has 2 saturated heterocycles. The van der Waals surface area contributed by atoms with Crippen molar-refractivity contribution in [3.63, 3.8) is 0 Å². The molecule has 0 spiro atoms. The normalized spacial score (nSPS) is 17.8. The molecule has 7 nitrogen and oxygen atoms in total. The Hall–Kier alpha value is -2.41. The van der Waals surface area contributed by atoms with E-state index in [2.05, 4.69) is 10.2 Å². The summed E-state index contributed by atoms with van der Waals surface area (Å²) in [7, 11) is 0. The van der Waals surface area contributed by atoms with E-state index in [9.17, 15) is 14.4 Å². The number of rotatable bonds is 7. The van der Waals surface area contributed by atoms with Crippen LogP contribution in [0.15, 0.2) is 24.3 Å². The Morgan fingerprint density at radius 3 is 2.36 bits per heavy atom. The van der Waals surface area contributed by atoms with Gasteiger partial charge in [0, 0.05) is 57.8 Å². The fraction of sp³-hybridized carbons (Fsp3) is 0.571. The first kappa shape index (κ1) is 20.3. The van der Waals surface area contributed by atoms with Crippen LogP contribution in [0.4, 0.5) is 0 Å². The van der Waals surface area contributed by atoms with Crippen molar-refractivity contribution in [3.05, 3.63) is 35.4 Å². The Morgan fingerprint density at radius 1 is 1.04 bits per heavy atom. The Balaban J connectivity index is 1.47. The highest BCUT2D eigenvalue weighted by Crippen LogP contribution is 2.16. The van der Waals surface area contributed by atoms with Crippen LogP contribution in [-0.4, -0.2) is 78.2 Å². The van der Waals surface area contributed by atoms with E-state index in [1.54, 1.807) is 0 Å². The van der Waals surface area contributed by atoms with Gasteiger partial charge in [-0.15, -0.1) is 0 Å². The number of likely N-dealkylation sites (tertiary alicyclic amines) is 1. The first-order chi connectivity index (χ1) is 13.6. The third kappa shape index (κ3) is 5.32. The van der Waals surface area contributed by atoms with E-state index < -0.39 is 0 Å². The molecule has 0 aliphatic carbocycles. The lowest BCUT2D eigenvalue weighted by atomic mass is 10.1. The largest absolute Gasteiger partial charge is 0.355 e. The Morgan fingerprint density at radius 2 is 1.75 bits per heavy atom. The molecule has 2 heterocycles. The number of piperazine rings is 1. The molecule has 0 unspecified atom stereocenters. The van der Waals surface area contributed by atoms with E-state index >= 15 is 0 Å². The van der Waals surface area contributed by atoms with Crippen molar-refractivity contribution in [2.24, 2.45) is 0 Å². The van der Waals surface area contributed by atoms with Crippen molar-refractivity contribution in [2.75, 3.05) is 45.8 Å². The fourth-order valence-electron chi connectivity index (χ4n) is 3.66. The summed E-state index contributed by atoms with van der Waals surface area (Å²) in [5.74, 6) is 0.286. The lowest BCUT2D eigenvalue weighted by Gasteiger charge is -2.34. The van der Waals surface area contributed by atoms with Crippen molar-refractivity contribution < 1.29 is 14.4 Å². The van der Waals surface area contributed by atoms with E-state index in [0.717, 1.165) is 24.9 Å². The molecule has 0 bridgehead atoms. The van der Waals surface area contributed by atoms with Gasteiger partial charge in [0.05, 0.1) is 6.54 Å². The van der Waals surface area contributed by atoms with Gasteiger partial charge in [0.1, 0.15) is 0 Å². The van der Waals surface area contributed by atoms with Crippen LogP contribution in [0.25, 0.3) is 0 Å². The average Bonchev–Trinajstić information content (AvgIpc) is 3.11. The number of carbonyl (C=O) groups is 3. The summed E-state index contributed by atoms with van der Waals surface area (Å²) in [5.41, 5.74) is 1.72. The molecule has 0 radical (unpaired) electrons. The van der Waals surface area contributed by atoms with Crippen LogP contribution < -0.4 is 5.32 Å².